The van der Waals surface area contributed by atoms with Crippen molar-refractivity contribution in [3.63, 3.8) is 0 Å². The quantitative estimate of drug-likeness (QED) is 0.300. The number of aromatic nitrogens is 4. The molecular weight excluding hydrogens is 472 g/mol. The third-order valence-corrected chi connectivity index (χ3v) is 7.75. The molecular formula is C15H23N5O10P2. The zero-order valence-corrected chi connectivity index (χ0v) is 18.4. The van der Waals surface area contributed by atoms with Crippen molar-refractivity contribution in [2.24, 2.45) is 0 Å². The van der Waals surface area contributed by atoms with Gasteiger partial charge in [-0.2, -0.15) is 4.31 Å². The maximum atomic E-state index is 12.1. The number of aliphatic hydroxyl groups excluding tert-OH is 2. The minimum Gasteiger partial charge on any atom is -0.387 e. The highest BCUT2D eigenvalue weighted by Crippen LogP contribution is 2.60. The number of fused-ring (bicyclic) bond motifs is 11. The maximum Gasteiger partial charge on any atom is 0.481 e. The topological polar surface area (TPSA) is 211 Å². The normalized spacial score (nSPS) is 37.4. The van der Waals surface area contributed by atoms with Gasteiger partial charge in [-0.25, -0.2) is 19.1 Å². The van der Waals surface area contributed by atoms with Crippen LogP contribution in [-0.4, -0.2) is 70.6 Å². The molecule has 0 spiro atoms. The molecule has 3 aliphatic heterocycles. The number of phosphoric acid groups is 2. The van der Waals surface area contributed by atoms with E-state index in [0.717, 1.165) is 0 Å². The molecule has 0 aliphatic carbocycles. The number of nitrogens with zero attached hydrogens (tertiary/aromatic N) is 4. The number of hydrogen-bond acceptors (Lipinski definition) is 11. The molecule has 178 valence electrons. The van der Waals surface area contributed by atoms with E-state index in [1.807, 2.05) is 0 Å². The second-order valence-corrected chi connectivity index (χ2v) is 10.4. The number of imidazole rings is 1. The molecule has 2 aromatic heterocycles. The highest BCUT2D eigenvalue weighted by Gasteiger charge is 2.46. The predicted octanol–water partition coefficient (Wildman–Crippen LogP) is -0.234. The van der Waals surface area contributed by atoms with E-state index in [4.69, 9.17) is 14.7 Å². The highest BCUT2D eigenvalue weighted by atomic mass is 31.3. The minimum absolute atomic E-state index is 0.0883. The molecule has 32 heavy (non-hydrogen) atoms. The molecule has 1 fully saturated rings. The standard InChI is InChI=1S/C15H23N5O10P2/c16-13-10-14-18-7-19(13)4-2-1-3-5-27-31(23,24)30-32(25,26)28-6-9-11(21)12(22)15(29-9)20(14)8-17-10/h7-9,11-12,15-16,21-22H,1-6H2,(H,23,24)(H,25,26)/t9-,11-,12-,15-/m1/s1. The van der Waals surface area contributed by atoms with Crippen molar-refractivity contribution >= 4 is 26.8 Å². The summed E-state index contributed by atoms with van der Waals surface area (Å²) >= 11 is 0. The Morgan fingerprint density at radius 1 is 1.03 bits per heavy atom. The summed E-state index contributed by atoms with van der Waals surface area (Å²) in [5, 5.41) is 29.1. The number of phosphoric ester groups is 2. The van der Waals surface area contributed by atoms with Crippen LogP contribution in [0.2, 0.25) is 0 Å². The van der Waals surface area contributed by atoms with Crippen LogP contribution in [0.3, 0.4) is 0 Å². The van der Waals surface area contributed by atoms with Crippen molar-refractivity contribution in [1.82, 2.24) is 19.1 Å². The lowest BCUT2D eigenvalue weighted by molar-refractivity contribution is -0.0504. The van der Waals surface area contributed by atoms with Gasteiger partial charge in [0, 0.05) is 6.54 Å². The average Bonchev–Trinajstić information content (AvgIpc) is 3.25. The largest absolute Gasteiger partial charge is 0.481 e. The van der Waals surface area contributed by atoms with Crippen molar-refractivity contribution in [2.75, 3.05) is 13.2 Å². The Morgan fingerprint density at radius 2 is 1.78 bits per heavy atom. The van der Waals surface area contributed by atoms with Gasteiger partial charge in [-0.3, -0.25) is 19.0 Å². The number of aliphatic hydroxyl groups is 2. The van der Waals surface area contributed by atoms with E-state index in [2.05, 4.69) is 18.8 Å². The fourth-order valence-corrected chi connectivity index (χ4v) is 5.62. The molecule has 2 aromatic rings. The number of rotatable bonds is 0. The highest BCUT2D eigenvalue weighted by molar-refractivity contribution is 7.61. The minimum atomic E-state index is -5.06. The first kappa shape index (κ1) is 23.6. The molecule has 0 aromatic carbocycles. The second kappa shape index (κ2) is 9.03. The Labute approximate surface area is 180 Å². The summed E-state index contributed by atoms with van der Waals surface area (Å²) in [7, 11) is -9.95. The zero-order valence-electron chi connectivity index (χ0n) is 16.6. The van der Waals surface area contributed by atoms with E-state index in [0.29, 0.717) is 25.8 Å². The Bertz CT molecular complexity index is 1140. The van der Waals surface area contributed by atoms with Crippen molar-refractivity contribution < 1.29 is 47.2 Å². The lowest BCUT2D eigenvalue weighted by Gasteiger charge is -2.19. The number of nitrogens with one attached hydrogen (secondary N) is 1. The van der Waals surface area contributed by atoms with E-state index < -0.39 is 46.8 Å². The van der Waals surface area contributed by atoms with Gasteiger partial charge >= 0.3 is 15.6 Å². The summed E-state index contributed by atoms with van der Waals surface area (Å²) in [5.74, 6) is 0. The van der Waals surface area contributed by atoms with E-state index >= 15 is 0 Å². The van der Waals surface area contributed by atoms with Crippen molar-refractivity contribution in [3.05, 3.63) is 18.1 Å². The van der Waals surface area contributed by atoms with Crippen molar-refractivity contribution in [3.8, 4) is 0 Å². The van der Waals surface area contributed by atoms with Gasteiger partial charge in [0.05, 0.1) is 25.9 Å². The van der Waals surface area contributed by atoms with Crippen LogP contribution in [0.25, 0.3) is 11.2 Å². The van der Waals surface area contributed by atoms with Crippen LogP contribution in [0.15, 0.2) is 12.7 Å². The third-order valence-electron chi connectivity index (χ3n) is 5.12. The first-order valence-corrected chi connectivity index (χ1v) is 12.7. The van der Waals surface area contributed by atoms with Crippen LogP contribution in [0.1, 0.15) is 25.5 Å². The molecule has 3 aliphatic rings. The molecule has 0 saturated carbocycles. The van der Waals surface area contributed by atoms with E-state index in [1.165, 1.54) is 17.2 Å². The van der Waals surface area contributed by atoms with Crippen LogP contribution in [0.5, 0.6) is 0 Å². The summed E-state index contributed by atoms with van der Waals surface area (Å²) in [4.78, 5) is 27.9. The fraction of sp³-hybridized carbons (Fsp3) is 0.667. The van der Waals surface area contributed by atoms with Gasteiger partial charge in [0.1, 0.15) is 23.8 Å². The van der Waals surface area contributed by atoms with Crippen LogP contribution in [-0.2, 0) is 33.8 Å². The maximum absolute atomic E-state index is 12.1. The molecule has 5 rings (SSSR count). The Balaban J connectivity index is 1.65. The molecule has 6 atom stereocenters. The smallest absolute Gasteiger partial charge is 0.387 e. The second-order valence-electron chi connectivity index (χ2n) is 7.37. The van der Waals surface area contributed by atoms with E-state index in [1.54, 1.807) is 4.57 Å². The Hall–Kier alpha value is -1.51. The average molecular weight is 495 g/mol. The van der Waals surface area contributed by atoms with E-state index in [9.17, 15) is 29.1 Å². The predicted molar refractivity (Wildman–Crippen MR) is 104 cm³/mol. The molecule has 17 heteroatoms. The van der Waals surface area contributed by atoms with Gasteiger partial charge in [-0.05, 0) is 19.3 Å². The van der Waals surface area contributed by atoms with Gasteiger partial charge < -0.3 is 29.3 Å². The van der Waals surface area contributed by atoms with Gasteiger partial charge in [0.15, 0.2) is 17.4 Å². The molecule has 5 N–H and O–H groups in total. The monoisotopic (exact) mass is 495 g/mol. The number of aryl methyl sites for hydroxylation is 1. The molecule has 1 saturated heterocycles. The summed E-state index contributed by atoms with van der Waals surface area (Å²) in [6, 6.07) is 0. The van der Waals surface area contributed by atoms with Crippen LogP contribution < -0.4 is 5.49 Å². The van der Waals surface area contributed by atoms with Gasteiger partial charge in [-0.1, -0.05) is 0 Å². The van der Waals surface area contributed by atoms with Crippen LogP contribution >= 0.6 is 15.6 Å². The van der Waals surface area contributed by atoms with Gasteiger partial charge in [0.25, 0.3) is 0 Å². The lowest BCUT2D eigenvalue weighted by Crippen LogP contribution is -2.33. The molecule has 5 heterocycles. The molecule has 0 radical (unpaired) electrons. The first-order valence-electron chi connectivity index (χ1n) is 9.72. The Kier molecular flexibility index (Phi) is 6.67. The third kappa shape index (κ3) is 4.87. The van der Waals surface area contributed by atoms with E-state index in [-0.39, 0.29) is 23.3 Å². The van der Waals surface area contributed by atoms with Gasteiger partial charge in [-0.15, -0.1) is 0 Å². The summed E-state index contributed by atoms with van der Waals surface area (Å²) in [6.45, 7) is -0.538. The number of hydrogen-bond donors (Lipinski definition) is 5. The first-order chi connectivity index (χ1) is 15.1. The molecule has 15 nitrogen and oxygen atoms in total. The Morgan fingerprint density at radius 3 is 2.56 bits per heavy atom. The zero-order chi connectivity index (χ0) is 23.1. The van der Waals surface area contributed by atoms with Gasteiger partial charge in [0.2, 0.25) is 0 Å². The van der Waals surface area contributed by atoms with Crippen LogP contribution in [0, 0.1) is 5.41 Å². The molecule has 2 unspecified atom stereocenters. The van der Waals surface area contributed by atoms with Crippen LogP contribution in [0.4, 0.5) is 0 Å². The fourth-order valence-electron chi connectivity index (χ4n) is 3.51. The SMILES string of the molecule is N=c1c2ncn3c2ncn1CCCCCOP(=O)(O)OP(=O)(O)OC[C@H]1O[C@@H]3[C@H](O)[C@@H]1O. The number of ether oxygens (including phenoxy) is 1. The summed E-state index contributed by atoms with van der Waals surface area (Å²) in [6.07, 6.45) is -1.24. The summed E-state index contributed by atoms with van der Waals surface area (Å²) in [5.41, 5.74) is 0.589. The summed E-state index contributed by atoms with van der Waals surface area (Å²) < 4.78 is 46.1. The van der Waals surface area contributed by atoms with Crippen molar-refractivity contribution in [1.29, 1.82) is 5.41 Å². The molecule has 6 bridgehead atoms. The lowest BCUT2D eigenvalue weighted by atomic mass is 10.1. The van der Waals surface area contributed by atoms with Crippen molar-refractivity contribution in [2.45, 2.75) is 50.3 Å². The molecule has 0 amide bonds.